The number of anilines is 1. The number of carbonyl (C=O) groups excluding carboxylic acids is 1. The number of hydrogen-bond donors (Lipinski definition) is 4. The van der Waals surface area contributed by atoms with Gasteiger partial charge < -0.3 is 11.1 Å². The van der Waals surface area contributed by atoms with Gasteiger partial charge in [-0.05, 0) is 32.0 Å². The average molecular weight is 307 g/mol. The molecule has 1 rings (SSSR count). The molecule has 5 N–H and O–H groups in total. The molecule has 0 aliphatic heterocycles. The van der Waals surface area contributed by atoms with Crippen molar-refractivity contribution in [2.45, 2.75) is 19.9 Å². The Morgan fingerprint density at radius 3 is 2.71 bits per heavy atom. The summed E-state index contributed by atoms with van der Waals surface area (Å²) in [5.41, 5.74) is 8.21. The Morgan fingerprint density at radius 1 is 1.52 bits per heavy atom. The minimum atomic E-state index is -0.447. The quantitative estimate of drug-likeness (QED) is 0.375. The maximum absolute atomic E-state index is 12.0. The predicted molar refractivity (Wildman–Crippen MR) is 82.6 cm³/mol. The molecule has 0 aliphatic rings. The third kappa shape index (κ3) is 4.78. The number of hydrazone groups is 1. The van der Waals surface area contributed by atoms with E-state index in [1.54, 1.807) is 12.1 Å². The van der Waals surface area contributed by atoms with Gasteiger partial charge in [0.05, 0.1) is 16.3 Å². The van der Waals surface area contributed by atoms with Gasteiger partial charge in [0.1, 0.15) is 6.07 Å². The van der Waals surface area contributed by atoms with Crippen molar-refractivity contribution in [2.24, 2.45) is 10.8 Å². The van der Waals surface area contributed by atoms with Crippen molar-refractivity contribution >= 4 is 34.7 Å². The summed E-state index contributed by atoms with van der Waals surface area (Å²) in [6.45, 7) is 3.68. The zero-order chi connectivity index (χ0) is 16.0. The molecule has 0 atom stereocenters. The first-order chi connectivity index (χ1) is 9.85. The molecule has 110 valence electrons. The van der Waals surface area contributed by atoms with E-state index in [-0.39, 0.29) is 23.2 Å². The molecule has 1 aromatic carbocycles. The second kappa shape index (κ2) is 7.26. The molecule has 1 amide bonds. The fourth-order valence-electron chi connectivity index (χ4n) is 1.37. The maximum Gasteiger partial charge on any atom is 0.253 e. The van der Waals surface area contributed by atoms with E-state index in [1.807, 2.05) is 13.8 Å². The van der Waals surface area contributed by atoms with E-state index in [9.17, 15) is 4.79 Å². The van der Waals surface area contributed by atoms with Gasteiger partial charge >= 0.3 is 0 Å². The third-order valence-electron chi connectivity index (χ3n) is 2.29. The van der Waals surface area contributed by atoms with Crippen molar-refractivity contribution in [3.05, 3.63) is 28.8 Å². The number of rotatable bonds is 5. The number of benzene rings is 1. The van der Waals surface area contributed by atoms with Crippen molar-refractivity contribution < 1.29 is 4.79 Å². The zero-order valence-corrected chi connectivity index (χ0v) is 12.3. The SMILES string of the molecule is CC(C)NC(=O)c1cc(N/N=C(\C#N)C(=N)N)ccc1Cl. The van der Waals surface area contributed by atoms with Crippen molar-refractivity contribution in [1.82, 2.24) is 5.32 Å². The van der Waals surface area contributed by atoms with Gasteiger partial charge in [-0.1, -0.05) is 11.6 Å². The lowest BCUT2D eigenvalue weighted by Gasteiger charge is -2.11. The van der Waals surface area contributed by atoms with Gasteiger partial charge in [-0.25, -0.2) is 0 Å². The smallest absolute Gasteiger partial charge is 0.253 e. The molecule has 0 heterocycles. The number of nitrogens with one attached hydrogen (secondary N) is 3. The van der Waals surface area contributed by atoms with Crippen LogP contribution in [0.2, 0.25) is 5.02 Å². The summed E-state index contributed by atoms with van der Waals surface area (Å²) in [6.07, 6.45) is 0. The van der Waals surface area contributed by atoms with Crippen LogP contribution >= 0.6 is 11.6 Å². The lowest BCUT2D eigenvalue weighted by atomic mass is 10.2. The number of carbonyl (C=O) groups is 1. The van der Waals surface area contributed by atoms with Gasteiger partial charge in [-0.15, -0.1) is 0 Å². The van der Waals surface area contributed by atoms with Gasteiger partial charge in [0.15, 0.2) is 5.84 Å². The molecule has 0 radical (unpaired) electrons. The topological polar surface area (TPSA) is 127 Å². The Balaban J connectivity index is 3.00. The highest BCUT2D eigenvalue weighted by Gasteiger charge is 2.12. The van der Waals surface area contributed by atoms with Gasteiger partial charge in [0, 0.05) is 6.04 Å². The second-order valence-electron chi connectivity index (χ2n) is 4.42. The van der Waals surface area contributed by atoms with E-state index in [1.165, 1.54) is 12.1 Å². The van der Waals surface area contributed by atoms with Crippen LogP contribution < -0.4 is 16.5 Å². The van der Waals surface area contributed by atoms with E-state index in [0.717, 1.165) is 0 Å². The molecular weight excluding hydrogens is 292 g/mol. The van der Waals surface area contributed by atoms with Crippen LogP contribution in [0.25, 0.3) is 0 Å². The molecule has 0 aliphatic carbocycles. The lowest BCUT2D eigenvalue weighted by molar-refractivity contribution is 0.0943. The van der Waals surface area contributed by atoms with Crippen molar-refractivity contribution in [1.29, 1.82) is 10.7 Å². The van der Waals surface area contributed by atoms with Crippen LogP contribution in [0.3, 0.4) is 0 Å². The highest BCUT2D eigenvalue weighted by molar-refractivity contribution is 6.45. The van der Waals surface area contributed by atoms with Crippen LogP contribution in [0.15, 0.2) is 23.3 Å². The summed E-state index contributed by atoms with van der Waals surface area (Å²) >= 11 is 5.98. The van der Waals surface area contributed by atoms with Gasteiger partial charge in [0.2, 0.25) is 5.71 Å². The van der Waals surface area contributed by atoms with Gasteiger partial charge in [-0.3, -0.25) is 15.6 Å². The molecule has 0 spiro atoms. The van der Waals surface area contributed by atoms with Gasteiger partial charge in [0.25, 0.3) is 5.91 Å². The van der Waals surface area contributed by atoms with Crippen molar-refractivity contribution in [3.8, 4) is 6.07 Å². The highest BCUT2D eigenvalue weighted by Crippen LogP contribution is 2.20. The largest absolute Gasteiger partial charge is 0.382 e. The molecular formula is C13H15ClN6O. The summed E-state index contributed by atoms with van der Waals surface area (Å²) in [5.74, 6) is -0.758. The lowest BCUT2D eigenvalue weighted by Crippen LogP contribution is -2.30. The highest BCUT2D eigenvalue weighted by atomic mass is 35.5. The first kappa shape index (κ1) is 16.5. The number of amides is 1. The second-order valence-corrected chi connectivity index (χ2v) is 4.83. The average Bonchev–Trinajstić information content (AvgIpc) is 2.39. The maximum atomic E-state index is 12.0. The number of halogens is 1. The molecule has 21 heavy (non-hydrogen) atoms. The number of amidine groups is 1. The Hall–Kier alpha value is -2.59. The number of nitrogens with zero attached hydrogens (tertiary/aromatic N) is 2. The first-order valence-electron chi connectivity index (χ1n) is 6.03. The third-order valence-corrected chi connectivity index (χ3v) is 2.62. The molecule has 1 aromatic rings. The summed E-state index contributed by atoms with van der Waals surface area (Å²) in [5, 5.41) is 22.6. The Labute approximate surface area is 127 Å². The van der Waals surface area contributed by atoms with Gasteiger partial charge in [-0.2, -0.15) is 10.4 Å². The fraction of sp³-hybridized carbons (Fsp3) is 0.231. The zero-order valence-electron chi connectivity index (χ0n) is 11.6. The Kier molecular flexibility index (Phi) is 5.69. The molecule has 0 fully saturated rings. The van der Waals surface area contributed by atoms with Crippen LogP contribution in [-0.4, -0.2) is 23.5 Å². The molecule has 0 saturated carbocycles. The predicted octanol–water partition coefficient (Wildman–Crippen LogP) is 1.71. The summed E-state index contributed by atoms with van der Waals surface area (Å²) < 4.78 is 0. The molecule has 0 unspecified atom stereocenters. The van der Waals surface area contributed by atoms with E-state index in [4.69, 9.17) is 28.0 Å². The van der Waals surface area contributed by atoms with Crippen LogP contribution in [0.5, 0.6) is 0 Å². The summed E-state index contributed by atoms with van der Waals surface area (Å²) in [7, 11) is 0. The molecule has 7 nitrogen and oxygen atoms in total. The molecule has 0 aromatic heterocycles. The summed E-state index contributed by atoms with van der Waals surface area (Å²) in [4.78, 5) is 12.0. The van der Waals surface area contributed by atoms with Crippen LogP contribution in [0.4, 0.5) is 5.69 Å². The molecule has 0 saturated heterocycles. The van der Waals surface area contributed by atoms with Crippen LogP contribution in [0, 0.1) is 16.7 Å². The standard InChI is InChI=1S/C13H15ClN6O/c1-7(2)18-13(21)9-5-8(3-4-10(9)14)19-20-11(6-15)12(16)17/h3-5,7,19H,1-2H3,(H3,16,17)(H,18,21)/b20-11+. The molecule has 8 heteroatoms. The monoisotopic (exact) mass is 306 g/mol. The normalized spacial score (nSPS) is 10.9. The molecule has 0 bridgehead atoms. The fourth-order valence-corrected chi connectivity index (χ4v) is 1.58. The Bertz CT molecular complexity index is 632. The van der Waals surface area contributed by atoms with E-state index >= 15 is 0 Å². The minimum Gasteiger partial charge on any atom is -0.382 e. The number of nitrogens with two attached hydrogens (primary N) is 1. The van der Waals surface area contributed by atoms with Crippen LogP contribution in [-0.2, 0) is 0 Å². The van der Waals surface area contributed by atoms with E-state index in [0.29, 0.717) is 10.7 Å². The van der Waals surface area contributed by atoms with E-state index in [2.05, 4.69) is 15.8 Å². The number of nitriles is 1. The van der Waals surface area contributed by atoms with E-state index < -0.39 is 5.84 Å². The van der Waals surface area contributed by atoms with Crippen molar-refractivity contribution in [3.63, 3.8) is 0 Å². The van der Waals surface area contributed by atoms with Crippen LogP contribution in [0.1, 0.15) is 24.2 Å². The Morgan fingerprint density at radius 2 is 2.19 bits per heavy atom. The number of hydrogen-bond acceptors (Lipinski definition) is 5. The summed E-state index contributed by atoms with van der Waals surface area (Å²) in [6, 6.07) is 6.28. The van der Waals surface area contributed by atoms with Crippen molar-refractivity contribution in [2.75, 3.05) is 5.43 Å². The first-order valence-corrected chi connectivity index (χ1v) is 6.41. The minimum absolute atomic E-state index is 0.0221.